The van der Waals surface area contributed by atoms with Crippen LogP contribution in [0.5, 0.6) is 11.6 Å². The molecule has 9 nitrogen and oxygen atoms in total. The monoisotopic (exact) mass is 359 g/mol. The first-order chi connectivity index (χ1) is 12.5. The van der Waals surface area contributed by atoms with Crippen molar-refractivity contribution < 1.29 is 9.84 Å². The van der Waals surface area contributed by atoms with Crippen LogP contribution in [0.1, 0.15) is 5.56 Å². The molecule has 0 radical (unpaired) electrons. The summed E-state index contributed by atoms with van der Waals surface area (Å²) >= 11 is 0. The summed E-state index contributed by atoms with van der Waals surface area (Å²) in [5, 5.41) is 16.6. The number of aromatic amines is 1. The molecule has 2 heterocycles. The summed E-state index contributed by atoms with van der Waals surface area (Å²) < 4.78 is 6.10. The molecule has 2 aromatic rings. The van der Waals surface area contributed by atoms with Gasteiger partial charge in [-0.1, -0.05) is 0 Å². The van der Waals surface area contributed by atoms with Crippen molar-refractivity contribution in [2.75, 3.05) is 40.3 Å². The molecule has 1 aromatic heterocycles. The van der Waals surface area contributed by atoms with Crippen LogP contribution in [0.3, 0.4) is 0 Å². The Morgan fingerprint density at radius 3 is 2.42 bits per heavy atom. The summed E-state index contributed by atoms with van der Waals surface area (Å²) in [4.78, 5) is 28.7. The molecule has 1 saturated heterocycles. The third kappa shape index (κ3) is 3.62. The van der Waals surface area contributed by atoms with E-state index in [9.17, 15) is 14.7 Å². The number of aromatic nitrogens is 2. The van der Waals surface area contributed by atoms with Crippen LogP contribution in [0.2, 0.25) is 0 Å². The first-order valence-electron chi connectivity index (χ1n) is 8.20. The minimum absolute atomic E-state index is 0.0700. The van der Waals surface area contributed by atoms with Gasteiger partial charge >= 0.3 is 5.69 Å². The van der Waals surface area contributed by atoms with Crippen LogP contribution in [0, 0.1) is 0 Å². The molecule has 1 aliphatic heterocycles. The molecule has 1 aromatic carbocycles. The van der Waals surface area contributed by atoms with Gasteiger partial charge in [0, 0.05) is 26.2 Å². The second-order valence-electron chi connectivity index (χ2n) is 6.03. The van der Waals surface area contributed by atoms with Gasteiger partial charge in [-0.25, -0.2) is 9.36 Å². The number of benzene rings is 1. The van der Waals surface area contributed by atoms with Crippen LogP contribution in [0.4, 0.5) is 0 Å². The number of nitrogens with zero attached hydrogens (tertiary/aromatic N) is 4. The molecule has 138 valence electrons. The predicted octanol–water partition coefficient (Wildman–Crippen LogP) is -0.179. The van der Waals surface area contributed by atoms with Crippen LogP contribution >= 0.6 is 0 Å². The Kier molecular flexibility index (Phi) is 5.08. The largest absolute Gasteiger partial charge is 0.497 e. The second-order valence-corrected chi connectivity index (χ2v) is 6.03. The van der Waals surface area contributed by atoms with Crippen LogP contribution in [0.15, 0.2) is 39.0 Å². The molecule has 26 heavy (non-hydrogen) atoms. The molecular weight excluding hydrogens is 338 g/mol. The van der Waals surface area contributed by atoms with Gasteiger partial charge in [0.15, 0.2) is 0 Å². The van der Waals surface area contributed by atoms with Crippen molar-refractivity contribution in [3.8, 4) is 17.3 Å². The third-order valence-corrected chi connectivity index (χ3v) is 4.28. The average Bonchev–Trinajstić information content (AvgIpc) is 2.63. The maximum Gasteiger partial charge on any atom is 0.335 e. The fraction of sp³-hybridized carbons (Fsp3) is 0.353. The molecule has 3 rings (SSSR count). The maximum absolute atomic E-state index is 12.2. The SMILES string of the molecule is COc1ccc(-n2c(O)c(/C=N/N3CCN(C)CC3)c(=O)[nH]c2=O)cc1. The Hall–Kier alpha value is -3.07. The van der Waals surface area contributed by atoms with Crippen molar-refractivity contribution >= 4 is 6.21 Å². The number of likely N-dealkylation sites (N-methyl/N-ethyl adjacent to an activating group) is 1. The summed E-state index contributed by atoms with van der Waals surface area (Å²) in [6.45, 7) is 3.18. The number of hydrogen-bond donors (Lipinski definition) is 2. The number of H-pyrrole nitrogens is 1. The number of rotatable bonds is 4. The highest BCUT2D eigenvalue weighted by atomic mass is 16.5. The van der Waals surface area contributed by atoms with Gasteiger partial charge in [-0.05, 0) is 31.3 Å². The van der Waals surface area contributed by atoms with Crippen LogP contribution < -0.4 is 16.0 Å². The van der Waals surface area contributed by atoms with Gasteiger partial charge in [0.05, 0.1) is 19.0 Å². The lowest BCUT2D eigenvalue weighted by Gasteiger charge is -2.30. The Labute approximate surface area is 149 Å². The topological polar surface area (TPSA) is 103 Å². The summed E-state index contributed by atoms with van der Waals surface area (Å²) in [7, 11) is 3.56. The van der Waals surface area contributed by atoms with Crippen LogP contribution in [-0.2, 0) is 0 Å². The lowest BCUT2D eigenvalue weighted by atomic mass is 10.2. The highest BCUT2D eigenvalue weighted by Gasteiger charge is 2.16. The number of nitrogens with one attached hydrogen (secondary N) is 1. The van der Waals surface area contributed by atoms with Crippen molar-refractivity contribution in [1.29, 1.82) is 0 Å². The second kappa shape index (κ2) is 7.44. The molecule has 0 spiro atoms. The van der Waals surface area contributed by atoms with E-state index in [1.54, 1.807) is 24.3 Å². The smallest absolute Gasteiger partial charge is 0.335 e. The van der Waals surface area contributed by atoms with Gasteiger partial charge in [0.1, 0.15) is 11.3 Å². The van der Waals surface area contributed by atoms with E-state index in [1.807, 2.05) is 12.1 Å². The fourth-order valence-electron chi connectivity index (χ4n) is 2.68. The molecule has 0 amide bonds. The summed E-state index contributed by atoms with van der Waals surface area (Å²) in [5.74, 6) is 0.157. The Balaban J connectivity index is 1.96. The quantitative estimate of drug-likeness (QED) is 0.734. The summed E-state index contributed by atoms with van der Waals surface area (Å²) in [6.07, 6.45) is 1.29. The first kappa shape index (κ1) is 17.7. The van der Waals surface area contributed by atoms with Crippen LogP contribution in [-0.4, -0.2) is 71.1 Å². The van der Waals surface area contributed by atoms with E-state index >= 15 is 0 Å². The van der Waals surface area contributed by atoms with Crippen molar-refractivity contribution in [2.24, 2.45) is 5.10 Å². The van der Waals surface area contributed by atoms with E-state index in [1.165, 1.54) is 13.3 Å². The number of ether oxygens (including phenoxy) is 1. The zero-order valence-electron chi connectivity index (χ0n) is 14.7. The highest BCUT2D eigenvalue weighted by Crippen LogP contribution is 2.18. The van der Waals surface area contributed by atoms with Crippen molar-refractivity contribution in [1.82, 2.24) is 19.5 Å². The Bertz CT molecular complexity index is 908. The van der Waals surface area contributed by atoms with Crippen molar-refractivity contribution in [3.63, 3.8) is 0 Å². The minimum atomic E-state index is -0.727. The summed E-state index contributed by atoms with van der Waals surface area (Å²) in [5.41, 5.74) is -1.08. The van der Waals surface area contributed by atoms with E-state index in [0.29, 0.717) is 11.4 Å². The standard InChI is InChI=1S/C17H21N5O4/c1-20-7-9-21(10-8-20)18-11-14-15(23)19-17(25)22(16(14)24)12-3-5-13(26-2)6-4-12/h3-6,11,24H,7-10H2,1-2H3,(H,19,23,25)/b18-11+. The third-order valence-electron chi connectivity index (χ3n) is 4.28. The lowest BCUT2D eigenvalue weighted by Crippen LogP contribution is -2.42. The maximum atomic E-state index is 12.2. The predicted molar refractivity (Wildman–Crippen MR) is 97.5 cm³/mol. The zero-order valence-corrected chi connectivity index (χ0v) is 14.7. The van der Waals surface area contributed by atoms with Gasteiger partial charge in [-0.3, -0.25) is 14.8 Å². The molecule has 0 saturated carbocycles. The normalized spacial score (nSPS) is 15.5. The number of piperazine rings is 1. The zero-order chi connectivity index (χ0) is 18.7. The lowest BCUT2D eigenvalue weighted by molar-refractivity contribution is 0.159. The Morgan fingerprint density at radius 2 is 1.81 bits per heavy atom. The van der Waals surface area contributed by atoms with Gasteiger partial charge in [0.25, 0.3) is 5.56 Å². The number of aromatic hydroxyl groups is 1. The van der Waals surface area contributed by atoms with E-state index in [4.69, 9.17) is 4.74 Å². The number of hydrogen-bond acceptors (Lipinski definition) is 7. The summed E-state index contributed by atoms with van der Waals surface area (Å²) in [6, 6.07) is 6.54. The average molecular weight is 359 g/mol. The van der Waals surface area contributed by atoms with Gasteiger partial charge < -0.3 is 14.7 Å². The molecule has 0 atom stereocenters. The minimum Gasteiger partial charge on any atom is -0.497 e. The van der Waals surface area contributed by atoms with Crippen LogP contribution in [0.25, 0.3) is 5.69 Å². The van der Waals surface area contributed by atoms with Gasteiger partial charge in [0.2, 0.25) is 5.88 Å². The molecule has 2 N–H and O–H groups in total. The number of methoxy groups -OCH3 is 1. The first-order valence-corrected chi connectivity index (χ1v) is 8.20. The molecule has 1 aliphatic rings. The molecule has 0 bridgehead atoms. The molecule has 1 fully saturated rings. The van der Waals surface area contributed by atoms with E-state index < -0.39 is 17.1 Å². The van der Waals surface area contributed by atoms with Crippen molar-refractivity contribution in [3.05, 3.63) is 50.7 Å². The molecule has 9 heteroatoms. The molecule has 0 unspecified atom stereocenters. The molecule has 0 aliphatic carbocycles. The molecular formula is C17H21N5O4. The fourth-order valence-corrected chi connectivity index (χ4v) is 2.68. The van der Waals surface area contributed by atoms with E-state index in [0.717, 1.165) is 30.7 Å². The number of hydrazone groups is 1. The van der Waals surface area contributed by atoms with Gasteiger partial charge in [-0.15, -0.1) is 0 Å². The Morgan fingerprint density at radius 1 is 1.15 bits per heavy atom. The van der Waals surface area contributed by atoms with E-state index in [-0.39, 0.29) is 5.56 Å². The van der Waals surface area contributed by atoms with E-state index in [2.05, 4.69) is 15.0 Å². The highest BCUT2D eigenvalue weighted by molar-refractivity contribution is 5.82. The van der Waals surface area contributed by atoms with Crippen molar-refractivity contribution in [2.45, 2.75) is 0 Å². The van der Waals surface area contributed by atoms with Gasteiger partial charge in [-0.2, -0.15) is 5.10 Å².